The van der Waals surface area contributed by atoms with Crippen molar-refractivity contribution in [2.75, 3.05) is 0 Å². The molecule has 0 spiro atoms. The predicted octanol–water partition coefficient (Wildman–Crippen LogP) is 2.71. The highest BCUT2D eigenvalue weighted by atomic mass is 16.3. The van der Waals surface area contributed by atoms with Crippen LogP contribution in [0.4, 0.5) is 0 Å². The quantitative estimate of drug-likeness (QED) is 0.740. The van der Waals surface area contributed by atoms with Crippen LogP contribution >= 0.6 is 0 Å². The number of fused-ring (bicyclic) bond motifs is 1. The Morgan fingerprint density at radius 2 is 2.00 bits per heavy atom. The Hall–Kier alpha value is -0.630. The van der Waals surface area contributed by atoms with Gasteiger partial charge < -0.3 is 5.11 Å². The molecule has 3 atom stereocenters. The van der Waals surface area contributed by atoms with E-state index >= 15 is 0 Å². The van der Waals surface area contributed by atoms with Gasteiger partial charge in [0.15, 0.2) is 5.78 Å². The van der Waals surface area contributed by atoms with Crippen LogP contribution < -0.4 is 0 Å². The van der Waals surface area contributed by atoms with Crippen LogP contribution in [0.25, 0.3) is 0 Å². The fourth-order valence-corrected chi connectivity index (χ4v) is 3.36. The maximum Gasteiger partial charge on any atom is 0.155 e. The normalized spacial score (nSPS) is 35.6. The third-order valence-corrected chi connectivity index (χ3v) is 4.31. The van der Waals surface area contributed by atoms with Crippen molar-refractivity contribution in [1.29, 1.82) is 0 Å². The Balaban J connectivity index is 2.32. The Labute approximate surface area is 97.7 Å². The molecule has 0 radical (unpaired) electrons. The number of rotatable bonds is 1. The van der Waals surface area contributed by atoms with Gasteiger partial charge in [0.25, 0.3) is 0 Å². The summed E-state index contributed by atoms with van der Waals surface area (Å²) in [6.07, 6.45) is 5.69. The van der Waals surface area contributed by atoms with Crippen molar-refractivity contribution in [1.82, 2.24) is 0 Å². The molecule has 1 saturated carbocycles. The molecule has 0 heterocycles. The van der Waals surface area contributed by atoms with Crippen molar-refractivity contribution in [3.05, 3.63) is 11.6 Å². The second-order valence-corrected chi connectivity index (χ2v) is 6.02. The summed E-state index contributed by atoms with van der Waals surface area (Å²) in [7, 11) is 0. The van der Waals surface area contributed by atoms with Gasteiger partial charge in [-0.1, -0.05) is 12.5 Å². The third kappa shape index (κ3) is 2.08. The standard InChI is InChI=1S/C14H22O2/c1-9-4-7-13(14(2,3)16)12-8-10(15)5-6-11(9)12/h8-9,11,13,16H,4-7H2,1-3H3/t9-,11?,13-/m1/s1. The maximum atomic E-state index is 11.5. The monoisotopic (exact) mass is 222 g/mol. The highest BCUT2D eigenvalue weighted by molar-refractivity contribution is 5.91. The molecule has 0 amide bonds. The maximum absolute atomic E-state index is 11.5. The molecule has 2 rings (SSSR count). The van der Waals surface area contributed by atoms with Gasteiger partial charge in [0.2, 0.25) is 0 Å². The van der Waals surface area contributed by atoms with Crippen LogP contribution in [0.5, 0.6) is 0 Å². The lowest BCUT2D eigenvalue weighted by Gasteiger charge is -2.43. The minimum Gasteiger partial charge on any atom is -0.390 e. The molecule has 2 aliphatic carbocycles. The van der Waals surface area contributed by atoms with Gasteiger partial charge in [-0.2, -0.15) is 0 Å². The summed E-state index contributed by atoms with van der Waals surface area (Å²) in [6, 6.07) is 0. The number of carbonyl (C=O) groups is 1. The first kappa shape index (κ1) is 11.8. The summed E-state index contributed by atoms with van der Waals surface area (Å²) < 4.78 is 0. The Bertz CT molecular complexity index is 322. The van der Waals surface area contributed by atoms with E-state index in [-0.39, 0.29) is 11.7 Å². The smallest absolute Gasteiger partial charge is 0.155 e. The van der Waals surface area contributed by atoms with E-state index in [4.69, 9.17) is 0 Å². The molecule has 2 aliphatic rings. The second-order valence-electron chi connectivity index (χ2n) is 6.02. The highest BCUT2D eigenvalue weighted by Crippen LogP contribution is 2.46. The number of carbonyl (C=O) groups excluding carboxylic acids is 1. The Morgan fingerprint density at radius 1 is 1.31 bits per heavy atom. The minimum absolute atomic E-state index is 0.179. The summed E-state index contributed by atoms with van der Waals surface area (Å²) in [5, 5.41) is 10.2. The second kappa shape index (κ2) is 3.99. The van der Waals surface area contributed by atoms with E-state index in [2.05, 4.69) is 6.92 Å². The van der Waals surface area contributed by atoms with E-state index in [0.29, 0.717) is 18.3 Å². The summed E-state index contributed by atoms with van der Waals surface area (Å²) in [5.41, 5.74) is 0.532. The lowest BCUT2D eigenvalue weighted by atomic mass is 9.63. The third-order valence-electron chi connectivity index (χ3n) is 4.31. The summed E-state index contributed by atoms with van der Waals surface area (Å²) >= 11 is 0. The van der Waals surface area contributed by atoms with E-state index < -0.39 is 5.60 Å². The van der Waals surface area contributed by atoms with Crippen LogP contribution in [0.2, 0.25) is 0 Å². The molecular weight excluding hydrogens is 200 g/mol. The average Bonchev–Trinajstić information content (AvgIpc) is 2.15. The summed E-state index contributed by atoms with van der Waals surface area (Å²) in [6.45, 7) is 6.00. The van der Waals surface area contributed by atoms with Gasteiger partial charge in [0.05, 0.1) is 5.60 Å². The van der Waals surface area contributed by atoms with Crippen molar-refractivity contribution in [2.24, 2.45) is 17.8 Å². The lowest BCUT2D eigenvalue weighted by Crippen LogP contribution is -2.40. The van der Waals surface area contributed by atoms with E-state index in [1.54, 1.807) is 0 Å². The molecule has 1 fully saturated rings. The van der Waals surface area contributed by atoms with Gasteiger partial charge in [-0.25, -0.2) is 0 Å². The number of ketones is 1. The van der Waals surface area contributed by atoms with Gasteiger partial charge >= 0.3 is 0 Å². The van der Waals surface area contributed by atoms with Crippen LogP contribution in [0.15, 0.2) is 11.6 Å². The fourth-order valence-electron chi connectivity index (χ4n) is 3.36. The zero-order chi connectivity index (χ0) is 11.9. The van der Waals surface area contributed by atoms with E-state index in [1.165, 1.54) is 12.0 Å². The number of hydrogen-bond donors (Lipinski definition) is 1. The van der Waals surface area contributed by atoms with Crippen molar-refractivity contribution in [3.8, 4) is 0 Å². The molecule has 1 unspecified atom stereocenters. The molecule has 0 aromatic carbocycles. The molecule has 2 nitrogen and oxygen atoms in total. The van der Waals surface area contributed by atoms with Crippen LogP contribution in [-0.2, 0) is 4.79 Å². The molecule has 0 saturated heterocycles. The number of allylic oxidation sites excluding steroid dienone is 1. The lowest BCUT2D eigenvalue weighted by molar-refractivity contribution is -0.115. The molecule has 1 N–H and O–H groups in total. The van der Waals surface area contributed by atoms with Crippen LogP contribution in [0.1, 0.15) is 46.5 Å². The van der Waals surface area contributed by atoms with Crippen LogP contribution in [0, 0.1) is 17.8 Å². The highest BCUT2D eigenvalue weighted by Gasteiger charge is 2.40. The van der Waals surface area contributed by atoms with Crippen molar-refractivity contribution in [3.63, 3.8) is 0 Å². The molecule has 0 aromatic rings. The number of aliphatic hydroxyl groups is 1. The van der Waals surface area contributed by atoms with E-state index in [9.17, 15) is 9.90 Å². The van der Waals surface area contributed by atoms with Crippen LogP contribution in [-0.4, -0.2) is 16.5 Å². The van der Waals surface area contributed by atoms with Gasteiger partial charge in [-0.05, 0) is 51.0 Å². The molecule has 0 aromatic heterocycles. The minimum atomic E-state index is -0.693. The topological polar surface area (TPSA) is 37.3 Å². The Morgan fingerprint density at radius 3 is 2.62 bits per heavy atom. The Kier molecular flexibility index (Phi) is 2.95. The molecule has 0 aliphatic heterocycles. The molecule has 2 heteroatoms. The average molecular weight is 222 g/mol. The molecule has 0 bridgehead atoms. The zero-order valence-electron chi connectivity index (χ0n) is 10.5. The van der Waals surface area contributed by atoms with E-state index in [0.717, 1.165) is 12.8 Å². The van der Waals surface area contributed by atoms with Gasteiger partial charge in [-0.3, -0.25) is 4.79 Å². The van der Waals surface area contributed by atoms with Gasteiger partial charge in [0, 0.05) is 12.3 Å². The molecular formula is C14H22O2. The fraction of sp³-hybridized carbons (Fsp3) is 0.786. The number of hydrogen-bond acceptors (Lipinski definition) is 2. The first-order valence-electron chi connectivity index (χ1n) is 6.36. The van der Waals surface area contributed by atoms with Crippen molar-refractivity contribution >= 4 is 5.78 Å². The molecule has 90 valence electrons. The SMILES string of the molecule is C[C@@H]1CC[C@@H](C(C)(C)O)C2=CC(=O)CCC21. The van der Waals surface area contributed by atoms with Gasteiger partial charge in [0.1, 0.15) is 0 Å². The zero-order valence-corrected chi connectivity index (χ0v) is 10.5. The first-order chi connectivity index (χ1) is 7.39. The summed E-state index contributed by atoms with van der Waals surface area (Å²) in [4.78, 5) is 11.5. The summed E-state index contributed by atoms with van der Waals surface area (Å²) in [5.74, 6) is 1.62. The molecule has 16 heavy (non-hydrogen) atoms. The van der Waals surface area contributed by atoms with E-state index in [1.807, 2.05) is 19.9 Å². The van der Waals surface area contributed by atoms with Gasteiger partial charge in [-0.15, -0.1) is 0 Å². The first-order valence-corrected chi connectivity index (χ1v) is 6.36. The van der Waals surface area contributed by atoms with Crippen molar-refractivity contribution < 1.29 is 9.90 Å². The predicted molar refractivity (Wildman–Crippen MR) is 64.0 cm³/mol. The van der Waals surface area contributed by atoms with Crippen LogP contribution in [0.3, 0.4) is 0 Å². The largest absolute Gasteiger partial charge is 0.390 e. The van der Waals surface area contributed by atoms with Crippen molar-refractivity contribution in [2.45, 2.75) is 52.1 Å².